The van der Waals surface area contributed by atoms with E-state index < -0.39 is 0 Å². The van der Waals surface area contributed by atoms with Crippen molar-refractivity contribution < 1.29 is 0 Å². The number of hydrogen-bond donors (Lipinski definition) is 0. The Bertz CT molecular complexity index is 2210. The predicted octanol–water partition coefficient (Wildman–Crippen LogP) is 11.5. The van der Waals surface area contributed by atoms with Crippen LogP contribution in [0.4, 0.5) is 34.1 Å². The van der Waals surface area contributed by atoms with Crippen molar-refractivity contribution in [1.29, 1.82) is 0 Å². The van der Waals surface area contributed by atoms with Gasteiger partial charge in [0, 0.05) is 11.4 Å². The van der Waals surface area contributed by atoms with Gasteiger partial charge in [0.25, 0.3) is 0 Å². The molecule has 0 aromatic heterocycles. The Morgan fingerprint density at radius 1 is 0.442 bits per heavy atom. The monoisotopic (exact) mass is 548 g/mol. The summed E-state index contributed by atoms with van der Waals surface area (Å²) in [5, 5.41) is 5.11. The van der Waals surface area contributed by atoms with Gasteiger partial charge in [-0.2, -0.15) is 0 Å². The molecule has 7 aromatic rings. The van der Waals surface area contributed by atoms with E-state index in [9.17, 15) is 0 Å². The van der Waals surface area contributed by atoms with Crippen LogP contribution in [0.3, 0.4) is 0 Å². The number of rotatable bonds is 3. The smallest absolute Gasteiger partial charge is 0.0745 e. The molecule has 0 N–H and O–H groups in total. The van der Waals surface area contributed by atoms with Crippen molar-refractivity contribution in [3.63, 3.8) is 0 Å². The molecule has 1 aliphatic heterocycles. The Morgan fingerprint density at radius 3 is 2.07 bits per heavy atom. The first kappa shape index (κ1) is 24.0. The van der Waals surface area contributed by atoms with Crippen LogP contribution in [0.1, 0.15) is 11.1 Å². The van der Waals surface area contributed by atoms with Gasteiger partial charge in [0.1, 0.15) is 0 Å². The van der Waals surface area contributed by atoms with Crippen LogP contribution in [0, 0.1) is 0 Å². The van der Waals surface area contributed by atoms with Crippen molar-refractivity contribution in [3.05, 3.63) is 163 Å². The van der Waals surface area contributed by atoms with E-state index in [-0.39, 0.29) is 0 Å². The maximum absolute atomic E-state index is 2.50. The number of hydrogen-bond acceptors (Lipinski definition) is 2. The maximum atomic E-state index is 2.50. The predicted molar refractivity (Wildman–Crippen MR) is 183 cm³/mol. The van der Waals surface area contributed by atoms with E-state index >= 15 is 0 Å². The maximum Gasteiger partial charge on any atom is 0.0745 e. The van der Waals surface area contributed by atoms with Crippen LogP contribution in [-0.4, -0.2) is 0 Å². The number of para-hydroxylation sites is 1. The normalized spacial score (nSPS) is 13.3. The highest BCUT2D eigenvalue weighted by atomic mass is 15.3. The van der Waals surface area contributed by atoms with E-state index in [1.165, 1.54) is 66.5 Å². The zero-order valence-corrected chi connectivity index (χ0v) is 23.6. The minimum absolute atomic E-state index is 0.888. The van der Waals surface area contributed by atoms with Crippen LogP contribution in [0.15, 0.2) is 152 Å². The number of fused-ring (bicyclic) bond motifs is 4. The van der Waals surface area contributed by atoms with Crippen molar-refractivity contribution >= 4 is 61.7 Å². The third-order valence-corrected chi connectivity index (χ3v) is 8.91. The first-order chi connectivity index (χ1) is 21.3. The van der Waals surface area contributed by atoms with E-state index in [4.69, 9.17) is 0 Å². The molecule has 7 aromatic carbocycles. The van der Waals surface area contributed by atoms with Crippen LogP contribution in [-0.2, 0) is 6.42 Å². The summed E-state index contributed by atoms with van der Waals surface area (Å²) < 4.78 is 0. The van der Waals surface area contributed by atoms with Crippen molar-refractivity contribution in [2.24, 2.45) is 0 Å². The van der Waals surface area contributed by atoms with Crippen LogP contribution in [0.2, 0.25) is 0 Å². The first-order valence-corrected chi connectivity index (χ1v) is 14.9. The average Bonchev–Trinajstić information content (AvgIpc) is 3.08. The lowest BCUT2D eigenvalue weighted by Gasteiger charge is -2.42. The Balaban J connectivity index is 1.40. The fourth-order valence-electron chi connectivity index (χ4n) is 7.00. The van der Waals surface area contributed by atoms with E-state index in [1.807, 2.05) is 0 Å². The van der Waals surface area contributed by atoms with Crippen LogP contribution >= 0.6 is 0 Å². The molecule has 0 bridgehead atoms. The van der Waals surface area contributed by atoms with Gasteiger partial charge in [0.15, 0.2) is 0 Å². The van der Waals surface area contributed by atoms with Gasteiger partial charge >= 0.3 is 0 Å². The highest BCUT2D eigenvalue weighted by Crippen LogP contribution is 2.58. The molecule has 9 rings (SSSR count). The summed E-state index contributed by atoms with van der Waals surface area (Å²) in [5.74, 6) is 0. The highest BCUT2D eigenvalue weighted by Gasteiger charge is 2.34. The SMILES string of the molecule is C1=Cc2cccc3cc4c(c(c23)C1)N(c1ccccc1)c1cc(-c2ccccc2)ccc1N4c1ccc2ccccc2c1. The van der Waals surface area contributed by atoms with Gasteiger partial charge in [0.05, 0.1) is 22.7 Å². The van der Waals surface area contributed by atoms with E-state index in [0.29, 0.717) is 0 Å². The van der Waals surface area contributed by atoms with Crippen molar-refractivity contribution in [2.45, 2.75) is 6.42 Å². The van der Waals surface area contributed by atoms with Crippen molar-refractivity contribution in [3.8, 4) is 11.1 Å². The summed E-state index contributed by atoms with van der Waals surface area (Å²) in [4.78, 5) is 4.98. The molecular weight excluding hydrogens is 520 g/mol. The molecule has 0 spiro atoms. The van der Waals surface area contributed by atoms with Crippen LogP contribution < -0.4 is 9.80 Å². The van der Waals surface area contributed by atoms with E-state index in [1.54, 1.807) is 0 Å². The molecule has 1 aliphatic carbocycles. The zero-order chi connectivity index (χ0) is 28.3. The van der Waals surface area contributed by atoms with Gasteiger partial charge in [0.2, 0.25) is 0 Å². The van der Waals surface area contributed by atoms with Crippen molar-refractivity contribution in [2.75, 3.05) is 9.80 Å². The Labute approximate surface area is 251 Å². The average molecular weight is 549 g/mol. The number of allylic oxidation sites excluding steroid dienone is 1. The first-order valence-electron chi connectivity index (χ1n) is 14.9. The molecule has 0 saturated heterocycles. The molecule has 1 heterocycles. The molecule has 2 aliphatic rings. The molecule has 0 unspecified atom stereocenters. The van der Waals surface area contributed by atoms with E-state index in [0.717, 1.165) is 17.8 Å². The molecule has 2 nitrogen and oxygen atoms in total. The van der Waals surface area contributed by atoms with E-state index in [2.05, 4.69) is 168 Å². The molecule has 0 saturated carbocycles. The Kier molecular flexibility index (Phi) is 5.30. The van der Waals surface area contributed by atoms with Gasteiger partial charge in [-0.15, -0.1) is 0 Å². The second-order valence-corrected chi connectivity index (χ2v) is 11.4. The van der Waals surface area contributed by atoms with Gasteiger partial charge in [-0.1, -0.05) is 115 Å². The van der Waals surface area contributed by atoms with Gasteiger partial charge in [-0.3, -0.25) is 0 Å². The molecule has 202 valence electrons. The molecule has 0 fully saturated rings. The minimum atomic E-state index is 0.888. The molecule has 2 heteroatoms. The standard InChI is InChI=1S/C41H28N2/c1-3-11-28(12-4-1)32-22-24-37-38(26-32)43(34-18-5-2-6-19-34)41-36-20-10-16-30-15-9-17-33(40(30)36)27-39(41)42(37)35-23-21-29-13-7-8-14-31(29)25-35/h1-19,21-27H,20H2. The minimum Gasteiger partial charge on any atom is -0.306 e. The third-order valence-electron chi connectivity index (χ3n) is 8.91. The lowest BCUT2D eigenvalue weighted by Crippen LogP contribution is -2.25. The number of anilines is 6. The zero-order valence-electron chi connectivity index (χ0n) is 23.6. The summed E-state index contributed by atoms with van der Waals surface area (Å²) in [6.45, 7) is 0. The Morgan fingerprint density at radius 2 is 1.21 bits per heavy atom. The fourth-order valence-corrected chi connectivity index (χ4v) is 7.00. The second-order valence-electron chi connectivity index (χ2n) is 11.4. The summed E-state index contributed by atoms with van der Waals surface area (Å²) in [6.07, 6.45) is 5.48. The van der Waals surface area contributed by atoms with Gasteiger partial charge in [-0.25, -0.2) is 0 Å². The second kappa shape index (κ2) is 9.47. The molecule has 0 atom stereocenters. The topological polar surface area (TPSA) is 6.48 Å². The lowest BCUT2D eigenvalue weighted by molar-refractivity contribution is 1.14. The van der Waals surface area contributed by atoms with Gasteiger partial charge < -0.3 is 9.80 Å². The molecule has 43 heavy (non-hydrogen) atoms. The van der Waals surface area contributed by atoms with Crippen LogP contribution in [0.25, 0.3) is 38.7 Å². The number of benzene rings is 7. The van der Waals surface area contributed by atoms with Crippen LogP contribution in [0.5, 0.6) is 0 Å². The molecule has 0 radical (unpaired) electrons. The summed E-state index contributed by atoms with van der Waals surface area (Å²) in [7, 11) is 0. The summed E-state index contributed by atoms with van der Waals surface area (Å²) in [5.41, 5.74) is 12.2. The number of nitrogens with zero attached hydrogens (tertiary/aromatic N) is 2. The summed E-state index contributed by atoms with van der Waals surface area (Å²) >= 11 is 0. The van der Waals surface area contributed by atoms with Crippen molar-refractivity contribution in [1.82, 2.24) is 0 Å². The lowest BCUT2D eigenvalue weighted by atomic mass is 9.88. The largest absolute Gasteiger partial charge is 0.306 e. The molecular formula is C41H28N2. The highest BCUT2D eigenvalue weighted by molar-refractivity contribution is 6.11. The third kappa shape index (κ3) is 3.73. The summed E-state index contributed by atoms with van der Waals surface area (Å²) in [6, 6.07) is 53.1. The fraction of sp³-hybridized carbons (Fsp3) is 0.0244. The van der Waals surface area contributed by atoms with Gasteiger partial charge in [-0.05, 0) is 92.7 Å². The quantitative estimate of drug-likeness (QED) is 0.217. The molecule has 0 amide bonds. The Hall–Kier alpha value is -5.60.